The van der Waals surface area contributed by atoms with Crippen LogP contribution in [0.4, 0.5) is 11.4 Å². The molecular weight excluding hydrogens is 296 g/mol. The van der Waals surface area contributed by atoms with Gasteiger partial charge in [-0.2, -0.15) is 0 Å². The molecule has 122 valence electrons. The number of hydrogen-bond donors (Lipinski definition) is 1. The third-order valence-electron chi connectivity index (χ3n) is 4.34. The minimum Gasteiger partial charge on any atom is -0.463 e. The van der Waals surface area contributed by atoms with E-state index in [2.05, 4.69) is 5.32 Å². The molecular formula is C17H20N2O4. The van der Waals surface area contributed by atoms with Gasteiger partial charge in [0.25, 0.3) is 5.69 Å². The molecule has 2 aliphatic rings. The fourth-order valence-corrected chi connectivity index (χ4v) is 2.91. The molecule has 2 atom stereocenters. The summed E-state index contributed by atoms with van der Waals surface area (Å²) in [6.07, 6.45) is 6.67. The highest BCUT2D eigenvalue weighted by molar-refractivity contribution is 5.88. The van der Waals surface area contributed by atoms with Gasteiger partial charge in [-0.15, -0.1) is 0 Å². The van der Waals surface area contributed by atoms with Crippen LogP contribution in [0.1, 0.15) is 31.7 Å². The largest absolute Gasteiger partial charge is 0.463 e. The number of nitro groups is 1. The maximum atomic E-state index is 11.5. The van der Waals surface area contributed by atoms with Gasteiger partial charge in [0.1, 0.15) is 0 Å². The fraction of sp³-hybridized carbons (Fsp3) is 0.471. The molecule has 0 heterocycles. The first-order chi connectivity index (χ1) is 11.1. The Morgan fingerprint density at radius 1 is 1.48 bits per heavy atom. The number of non-ortho nitro benzene ring substituents is 1. The number of benzene rings is 1. The van der Waals surface area contributed by atoms with E-state index in [9.17, 15) is 14.9 Å². The third kappa shape index (κ3) is 3.88. The topological polar surface area (TPSA) is 81.5 Å². The molecule has 0 saturated heterocycles. The lowest BCUT2D eigenvalue weighted by atomic mass is 10.1. The Balaban J connectivity index is 1.76. The van der Waals surface area contributed by atoms with Gasteiger partial charge in [-0.05, 0) is 50.2 Å². The van der Waals surface area contributed by atoms with Crippen LogP contribution in [0.25, 0.3) is 6.08 Å². The Hall–Kier alpha value is -2.37. The maximum absolute atomic E-state index is 11.5. The predicted octanol–water partition coefficient (Wildman–Crippen LogP) is 3.38. The predicted molar refractivity (Wildman–Crippen MR) is 87.0 cm³/mol. The quantitative estimate of drug-likeness (QED) is 0.361. The SMILES string of the molecule is CCOC(=O)/C=C/c1cc([N+](=O)[O-])ccc1NC1CC1C1CC1. The molecule has 2 aliphatic carbocycles. The number of carbonyl (C=O) groups is 1. The number of hydrogen-bond acceptors (Lipinski definition) is 5. The van der Waals surface area contributed by atoms with Crippen LogP contribution >= 0.6 is 0 Å². The standard InChI is InChI=1S/C17H20N2O4/c1-2-23-17(20)8-5-12-9-13(19(21)22)6-7-15(12)18-16-10-14(16)11-3-4-11/h5-9,11,14,16,18H,2-4,10H2,1H3/b8-5+. The van der Waals surface area contributed by atoms with Gasteiger partial charge in [0.05, 0.1) is 11.5 Å². The normalized spacial score (nSPS) is 22.8. The molecule has 2 saturated carbocycles. The Bertz CT molecular complexity index is 652. The van der Waals surface area contributed by atoms with Crippen LogP contribution in [0.5, 0.6) is 0 Å². The van der Waals surface area contributed by atoms with Crippen LogP contribution in [-0.2, 0) is 9.53 Å². The molecule has 0 amide bonds. The van der Waals surface area contributed by atoms with Crippen LogP contribution in [0.3, 0.4) is 0 Å². The second-order valence-electron chi connectivity index (χ2n) is 6.10. The van der Waals surface area contributed by atoms with Crippen LogP contribution in [0.2, 0.25) is 0 Å². The first-order valence-electron chi connectivity index (χ1n) is 7.98. The minimum absolute atomic E-state index is 0.00796. The van der Waals surface area contributed by atoms with Gasteiger partial charge in [0.15, 0.2) is 0 Å². The molecule has 6 heteroatoms. The molecule has 0 bridgehead atoms. The highest BCUT2D eigenvalue weighted by Crippen LogP contribution is 2.51. The molecule has 3 rings (SSSR count). The van der Waals surface area contributed by atoms with Gasteiger partial charge >= 0.3 is 5.97 Å². The summed E-state index contributed by atoms with van der Waals surface area (Å²) in [5.74, 6) is 1.13. The van der Waals surface area contributed by atoms with E-state index >= 15 is 0 Å². The average Bonchev–Trinajstić information content (AvgIpc) is 3.39. The Labute approximate surface area is 134 Å². The van der Waals surface area contributed by atoms with Crippen LogP contribution < -0.4 is 5.32 Å². The van der Waals surface area contributed by atoms with Crippen molar-refractivity contribution in [3.8, 4) is 0 Å². The summed E-state index contributed by atoms with van der Waals surface area (Å²) in [6, 6.07) is 5.12. The minimum atomic E-state index is -0.452. The summed E-state index contributed by atoms with van der Waals surface area (Å²) in [4.78, 5) is 22.0. The lowest BCUT2D eigenvalue weighted by molar-refractivity contribution is -0.384. The van der Waals surface area contributed by atoms with E-state index < -0.39 is 10.9 Å². The van der Waals surface area contributed by atoms with Crippen LogP contribution in [0.15, 0.2) is 24.3 Å². The molecule has 0 aromatic heterocycles. The van der Waals surface area contributed by atoms with Crippen LogP contribution in [0, 0.1) is 22.0 Å². The van der Waals surface area contributed by atoms with Crippen molar-refractivity contribution in [2.24, 2.45) is 11.8 Å². The maximum Gasteiger partial charge on any atom is 0.330 e. The van der Waals surface area contributed by atoms with Crippen molar-refractivity contribution < 1.29 is 14.5 Å². The summed E-state index contributed by atoms with van der Waals surface area (Å²) >= 11 is 0. The van der Waals surface area contributed by atoms with Crippen LogP contribution in [-0.4, -0.2) is 23.5 Å². The number of esters is 1. The fourth-order valence-electron chi connectivity index (χ4n) is 2.91. The lowest BCUT2D eigenvalue weighted by Gasteiger charge is -2.09. The zero-order chi connectivity index (χ0) is 16.4. The number of nitrogens with zero attached hydrogens (tertiary/aromatic N) is 1. The van der Waals surface area contributed by atoms with E-state index in [1.165, 1.54) is 31.1 Å². The number of anilines is 1. The summed E-state index contributed by atoms with van der Waals surface area (Å²) in [7, 11) is 0. The zero-order valence-electron chi connectivity index (χ0n) is 13.0. The smallest absolute Gasteiger partial charge is 0.330 e. The van der Waals surface area contributed by atoms with E-state index in [1.807, 2.05) is 0 Å². The average molecular weight is 316 g/mol. The Morgan fingerprint density at radius 3 is 2.91 bits per heavy atom. The highest BCUT2D eigenvalue weighted by atomic mass is 16.6. The van der Waals surface area contributed by atoms with E-state index in [1.54, 1.807) is 19.1 Å². The van der Waals surface area contributed by atoms with Crippen molar-refractivity contribution in [3.63, 3.8) is 0 Å². The number of nitrogens with one attached hydrogen (secondary N) is 1. The number of nitro benzene ring substituents is 1. The summed E-state index contributed by atoms with van der Waals surface area (Å²) in [5, 5.41) is 14.4. The second kappa shape index (κ2) is 6.40. The molecule has 1 N–H and O–H groups in total. The van der Waals surface area contributed by atoms with E-state index in [0.29, 0.717) is 18.2 Å². The summed E-state index contributed by atoms with van der Waals surface area (Å²) in [6.45, 7) is 2.03. The van der Waals surface area contributed by atoms with Crippen molar-refractivity contribution in [2.75, 3.05) is 11.9 Å². The van der Waals surface area contributed by atoms with Crippen molar-refractivity contribution in [1.29, 1.82) is 0 Å². The highest BCUT2D eigenvalue weighted by Gasteiger charge is 2.47. The number of carbonyl (C=O) groups excluding carboxylic acids is 1. The van der Waals surface area contributed by atoms with Gasteiger partial charge in [-0.1, -0.05) is 0 Å². The Kier molecular flexibility index (Phi) is 4.32. The van der Waals surface area contributed by atoms with Gasteiger partial charge in [-0.3, -0.25) is 10.1 Å². The molecule has 1 aromatic rings. The van der Waals surface area contributed by atoms with Crippen molar-refractivity contribution in [3.05, 3.63) is 40.0 Å². The first kappa shape index (κ1) is 15.5. The third-order valence-corrected chi connectivity index (χ3v) is 4.34. The van der Waals surface area contributed by atoms with Gasteiger partial charge in [-0.25, -0.2) is 4.79 Å². The zero-order valence-corrected chi connectivity index (χ0v) is 13.0. The lowest BCUT2D eigenvalue weighted by Crippen LogP contribution is -2.07. The van der Waals surface area contributed by atoms with Crippen molar-refractivity contribution in [2.45, 2.75) is 32.2 Å². The molecule has 23 heavy (non-hydrogen) atoms. The van der Waals surface area contributed by atoms with E-state index in [0.717, 1.165) is 23.9 Å². The van der Waals surface area contributed by atoms with Gasteiger partial charge < -0.3 is 10.1 Å². The molecule has 2 fully saturated rings. The molecule has 0 spiro atoms. The van der Waals surface area contributed by atoms with Crippen molar-refractivity contribution in [1.82, 2.24) is 0 Å². The van der Waals surface area contributed by atoms with Crippen molar-refractivity contribution >= 4 is 23.4 Å². The van der Waals surface area contributed by atoms with Gasteiger partial charge in [0, 0.05) is 35.5 Å². The second-order valence-corrected chi connectivity index (χ2v) is 6.10. The van der Waals surface area contributed by atoms with Gasteiger partial charge in [0.2, 0.25) is 0 Å². The van der Waals surface area contributed by atoms with E-state index in [-0.39, 0.29) is 5.69 Å². The van der Waals surface area contributed by atoms with E-state index in [4.69, 9.17) is 4.74 Å². The Morgan fingerprint density at radius 2 is 2.26 bits per heavy atom. The molecule has 1 aromatic carbocycles. The monoisotopic (exact) mass is 316 g/mol. The number of ether oxygens (including phenoxy) is 1. The molecule has 6 nitrogen and oxygen atoms in total. The molecule has 2 unspecified atom stereocenters. The molecule has 0 aliphatic heterocycles. The summed E-state index contributed by atoms with van der Waals surface area (Å²) in [5.41, 5.74) is 1.46. The first-order valence-corrected chi connectivity index (χ1v) is 7.98. The number of rotatable bonds is 7. The molecule has 0 radical (unpaired) electrons. The summed E-state index contributed by atoms with van der Waals surface area (Å²) < 4.78 is 4.85.